The molecule has 6 nitrogen and oxygen atoms in total. The van der Waals surface area contributed by atoms with Crippen molar-refractivity contribution in [3.05, 3.63) is 65.5 Å². The van der Waals surface area contributed by atoms with Gasteiger partial charge >= 0.3 is 0 Å². The number of sulfonamides is 1. The molecule has 154 valence electrons. The number of hydrogen-bond acceptors (Lipinski definition) is 4. The van der Waals surface area contributed by atoms with Crippen molar-refractivity contribution in [1.82, 2.24) is 10.0 Å². The number of hydrogen-bond donors (Lipinski definition) is 2. The van der Waals surface area contributed by atoms with Gasteiger partial charge in [-0.15, -0.1) is 0 Å². The molecule has 1 aliphatic rings. The third-order valence-electron chi connectivity index (χ3n) is 4.71. The van der Waals surface area contributed by atoms with Crippen molar-refractivity contribution in [3.63, 3.8) is 0 Å². The van der Waals surface area contributed by atoms with Gasteiger partial charge in [-0.1, -0.05) is 44.0 Å². The molecule has 2 aromatic rings. The maximum Gasteiger partial charge on any atom is 0.263 e. The number of carbonyl (C=O) groups excluding carboxylic acids is 1. The number of nitrogens with zero attached hydrogens (tertiary/aromatic N) is 1. The third-order valence-corrected chi connectivity index (χ3v) is 6.10. The van der Waals surface area contributed by atoms with E-state index in [9.17, 15) is 17.6 Å². The molecule has 0 fully saturated rings. The molecular weight excluding hydrogens is 393 g/mol. The van der Waals surface area contributed by atoms with Crippen LogP contribution >= 0.6 is 0 Å². The fourth-order valence-electron chi connectivity index (χ4n) is 3.14. The van der Waals surface area contributed by atoms with Crippen LogP contribution in [0, 0.1) is 5.82 Å². The quantitative estimate of drug-likeness (QED) is 0.692. The molecule has 2 N–H and O–H groups in total. The number of unbranched alkanes of at least 4 members (excludes halogenated alkanes) is 1. The Balaban J connectivity index is 1.71. The van der Waals surface area contributed by atoms with Crippen molar-refractivity contribution < 1.29 is 17.6 Å². The molecule has 1 aliphatic heterocycles. The Bertz CT molecular complexity index is 1000. The van der Waals surface area contributed by atoms with Crippen molar-refractivity contribution in [1.29, 1.82) is 0 Å². The first kappa shape index (κ1) is 21.0. The van der Waals surface area contributed by atoms with Gasteiger partial charge in [0.2, 0.25) is 5.91 Å². The monoisotopic (exact) mass is 417 g/mol. The summed E-state index contributed by atoms with van der Waals surface area (Å²) in [6.45, 7) is 2.41. The fraction of sp³-hybridized carbons (Fsp3) is 0.333. The summed E-state index contributed by atoms with van der Waals surface area (Å²) in [5, 5.41) is 2.86. The van der Waals surface area contributed by atoms with Gasteiger partial charge in [0.05, 0.1) is 4.90 Å². The molecule has 0 aromatic heterocycles. The fourth-order valence-corrected chi connectivity index (χ4v) is 4.38. The summed E-state index contributed by atoms with van der Waals surface area (Å²) in [6, 6.07) is 12.0. The molecule has 1 amide bonds. The first-order valence-electron chi connectivity index (χ1n) is 9.63. The van der Waals surface area contributed by atoms with Gasteiger partial charge in [0, 0.05) is 12.1 Å². The number of nitrogens with one attached hydrogen (secondary N) is 2. The van der Waals surface area contributed by atoms with Gasteiger partial charge in [-0.05, 0) is 42.7 Å². The molecule has 8 heteroatoms. The average molecular weight is 418 g/mol. The Kier molecular flexibility index (Phi) is 6.64. The van der Waals surface area contributed by atoms with Crippen molar-refractivity contribution in [2.24, 2.45) is 4.99 Å². The van der Waals surface area contributed by atoms with Crippen LogP contribution in [0.1, 0.15) is 37.3 Å². The highest BCUT2D eigenvalue weighted by molar-refractivity contribution is 7.90. The van der Waals surface area contributed by atoms with Crippen LogP contribution in [0.3, 0.4) is 0 Å². The molecule has 3 rings (SSSR count). The summed E-state index contributed by atoms with van der Waals surface area (Å²) in [4.78, 5) is 17.3. The Morgan fingerprint density at radius 1 is 1.17 bits per heavy atom. The van der Waals surface area contributed by atoms with Crippen molar-refractivity contribution in [3.8, 4) is 0 Å². The highest BCUT2D eigenvalue weighted by atomic mass is 32.2. The van der Waals surface area contributed by atoms with Crippen LogP contribution in [0.5, 0.6) is 0 Å². The summed E-state index contributed by atoms with van der Waals surface area (Å²) < 4.78 is 40.0. The van der Waals surface area contributed by atoms with Gasteiger partial charge in [0.15, 0.2) is 0 Å². The summed E-state index contributed by atoms with van der Waals surface area (Å²) in [6.07, 6.45) is 2.78. The maximum atomic E-state index is 13.0. The zero-order chi connectivity index (χ0) is 20.9. The summed E-state index contributed by atoms with van der Waals surface area (Å²) in [7, 11) is -3.65. The number of carbonyl (C=O) groups is 1. The normalized spacial score (nSPS) is 16.8. The van der Waals surface area contributed by atoms with Gasteiger partial charge < -0.3 is 5.32 Å². The smallest absolute Gasteiger partial charge is 0.263 e. The summed E-state index contributed by atoms with van der Waals surface area (Å²) >= 11 is 0. The van der Waals surface area contributed by atoms with E-state index < -0.39 is 16.1 Å². The van der Waals surface area contributed by atoms with Crippen LogP contribution in [0.15, 0.2) is 58.4 Å². The van der Waals surface area contributed by atoms with Crippen LogP contribution in [0.2, 0.25) is 0 Å². The molecule has 1 unspecified atom stereocenters. The van der Waals surface area contributed by atoms with Crippen LogP contribution in [-0.2, 0) is 21.2 Å². The lowest BCUT2D eigenvalue weighted by Crippen LogP contribution is -2.36. The molecule has 0 spiro atoms. The number of aliphatic imine (C=N–C) groups is 1. The predicted molar refractivity (Wildman–Crippen MR) is 110 cm³/mol. The average Bonchev–Trinajstić information content (AvgIpc) is 2.97. The lowest BCUT2D eigenvalue weighted by Gasteiger charge is -2.14. The second-order valence-corrected chi connectivity index (χ2v) is 8.56. The van der Waals surface area contributed by atoms with E-state index in [-0.39, 0.29) is 22.5 Å². The number of amides is 1. The Hall–Kier alpha value is -2.74. The van der Waals surface area contributed by atoms with Crippen LogP contribution in [-0.4, -0.2) is 32.7 Å². The van der Waals surface area contributed by atoms with Gasteiger partial charge in [0.25, 0.3) is 10.0 Å². The largest absolute Gasteiger partial charge is 0.354 e. The molecule has 0 aliphatic carbocycles. The standard InChI is InChI=1S/C21H24FN3O3S/c1-2-3-7-18(21(26)23-14-13-15-9-11-16(22)12-10-15)24-20-17-6-4-5-8-19(17)29(27,28)25-20/h4-6,8-12,18H,2-3,7,13-14H2,1H3,(H,23,26)(H,24,25). The molecule has 0 radical (unpaired) electrons. The molecule has 2 aromatic carbocycles. The van der Waals surface area contributed by atoms with Crippen molar-refractivity contribution >= 4 is 21.8 Å². The van der Waals surface area contributed by atoms with E-state index in [1.807, 2.05) is 6.92 Å². The minimum absolute atomic E-state index is 0.171. The number of fused-ring (bicyclic) bond motifs is 1. The van der Waals surface area contributed by atoms with Gasteiger partial charge in [-0.2, -0.15) is 0 Å². The van der Waals surface area contributed by atoms with Gasteiger partial charge in [-0.25, -0.2) is 12.8 Å². The highest BCUT2D eigenvalue weighted by Gasteiger charge is 2.31. The zero-order valence-corrected chi connectivity index (χ0v) is 17.0. The third kappa shape index (κ3) is 5.20. The van der Waals surface area contributed by atoms with Crippen LogP contribution in [0.25, 0.3) is 0 Å². The Morgan fingerprint density at radius 3 is 2.62 bits per heavy atom. The van der Waals surface area contributed by atoms with E-state index in [0.717, 1.165) is 18.4 Å². The molecule has 1 heterocycles. The molecular formula is C21H24FN3O3S. The molecule has 29 heavy (non-hydrogen) atoms. The molecule has 1 atom stereocenters. The first-order valence-corrected chi connectivity index (χ1v) is 11.1. The second-order valence-electron chi connectivity index (χ2n) is 6.90. The maximum absolute atomic E-state index is 13.0. The van der Waals surface area contributed by atoms with Crippen molar-refractivity contribution in [2.45, 2.75) is 43.5 Å². The van der Waals surface area contributed by atoms with E-state index >= 15 is 0 Å². The Labute approximate surface area is 170 Å². The molecule has 0 bridgehead atoms. The first-order chi connectivity index (χ1) is 13.9. The van der Waals surface area contributed by atoms with Crippen LogP contribution < -0.4 is 10.0 Å². The lowest BCUT2D eigenvalue weighted by atomic mass is 10.1. The lowest BCUT2D eigenvalue weighted by molar-refractivity contribution is -0.122. The highest BCUT2D eigenvalue weighted by Crippen LogP contribution is 2.23. The van der Waals surface area contributed by atoms with Gasteiger partial charge in [-0.3, -0.25) is 14.5 Å². The van der Waals surface area contributed by atoms with E-state index in [2.05, 4.69) is 15.0 Å². The van der Waals surface area contributed by atoms with E-state index in [1.165, 1.54) is 18.2 Å². The summed E-state index contributed by atoms with van der Waals surface area (Å²) in [5.74, 6) is -0.348. The van der Waals surface area contributed by atoms with E-state index in [1.54, 1.807) is 30.3 Å². The minimum atomic E-state index is -3.65. The number of halogens is 1. The topological polar surface area (TPSA) is 87.6 Å². The Morgan fingerprint density at radius 2 is 1.90 bits per heavy atom. The number of rotatable bonds is 8. The predicted octanol–water partition coefficient (Wildman–Crippen LogP) is 2.78. The van der Waals surface area contributed by atoms with Gasteiger partial charge in [0.1, 0.15) is 17.7 Å². The minimum Gasteiger partial charge on any atom is -0.354 e. The molecule has 0 saturated heterocycles. The van der Waals surface area contributed by atoms with E-state index in [4.69, 9.17) is 0 Å². The van der Waals surface area contributed by atoms with E-state index in [0.29, 0.717) is 24.9 Å². The summed E-state index contributed by atoms with van der Waals surface area (Å²) in [5.41, 5.74) is 1.40. The number of amidine groups is 1. The number of benzene rings is 2. The van der Waals surface area contributed by atoms with Crippen LogP contribution in [0.4, 0.5) is 4.39 Å². The zero-order valence-electron chi connectivity index (χ0n) is 16.2. The second kappa shape index (κ2) is 9.17. The SMILES string of the molecule is CCCCC(N=C1NS(=O)(=O)c2ccccc21)C(=O)NCCc1ccc(F)cc1. The van der Waals surface area contributed by atoms with Crippen molar-refractivity contribution in [2.75, 3.05) is 6.54 Å². The molecule has 0 saturated carbocycles.